The van der Waals surface area contributed by atoms with Crippen LogP contribution in [0.25, 0.3) is 0 Å². The van der Waals surface area contributed by atoms with Crippen LogP contribution < -0.4 is 15.4 Å². The quantitative estimate of drug-likeness (QED) is 0.610. The average molecular weight is 375 g/mol. The van der Waals surface area contributed by atoms with Gasteiger partial charge in [-0.15, -0.1) is 0 Å². The smallest absolute Gasteiger partial charge is 0.221 e. The Balaban J connectivity index is 1.56. The Kier molecular flexibility index (Phi) is 6.76. The van der Waals surface area contributed by atoms with Crippen molar-refractivity contribution >= 4 is 11.6 Å². The van der Waals surface area contributed by atoms with E-state index in [2.05, 4.69) is 34.7 Å². The van der Waals surface area contributed by atoms with Crippen molar-refractivity contribution in [2.45, 2.75) is 33.0 Å². The highest BCUT2D eigenvalue weighted by Gasteiger charge is 2.07. The molecule has 1 amide bonds. The number of carbonyl (C=O) groups excluding carboxylic acids is 1. The molecule has 0 bridgehead atoms. The number of hydrogen-bond acceptors (Lipinski definition) is 4. The molecule has 5 nitrogen and oxygen atoms in total. The molecule has 0 aliphatic rings. The third-order valence-electron chi connectivity index (χ3n) is 4.33. The number of pyridine rings is 1. The minimum Gasteiger partial charge on any atom is -0.487 e. The highest BCUT2D eigenvalue weighted by Crippen LogP contribution is 2.19. The molecule has 0 spiro atoms. The molecule has 0 saturated carbocycles. The van der Waals surface area contributed by atoms with Crippen LogP contribution in [0, 0.1) is 0 Å². The first-order valence-electron chi connectivity index (χ1n) is 9.33. The largest absolute Gasteiger partial charge is 0.487 e. The maximum atomic E-state index is 11.2. The van der Waals surface area contributed by atoms with Gasteiger partial charge in [-0.05, 0) is 54.4 Å². The molecular formula is C23H25N3O2. The Bertz CT molecular complexity index is 912. The second kappa shape index (κ2) is 9.67. The summed E-state index contributed by atoms with van der Waals surface area (Å²) in [7, 11) is 0. The van der Waals surface area contributed by atoms with Gasteiger partial charge in [0.2, 0.25) is 5.91 Å². The van der Waals surface area contributed by atoms with Crippen molar-refractivity contribution in [1.82, 2.24) is 10.3 Å². The first-order valence-corrected chi connectivity index (χ1v) is 9.33. The fraction of sp³-hybridized carbons (Fsp3) is 0.217. The van der Waals surface area contributed by atoms with Gasteiger partial charge in [-0.1, -0.05) is 30.3 Å². The minimum absolute atomic E-state index is 0.0692. The predicted octanol–water partition coefficient (Wildman–Crippen LogP) is 4.47. The van der Waals surface area contributed by atoms with E-state index in [-0.39, 0.29) is 11.9 Å². The summed E-state index contributed by atoms with van der Waals surface area (Å²) in [6.45, 7) is 4.78. The molecule has 0 aliphatic heterocycles. The van der Waals surface area contributed by atoms with E-state index in [0.29, 0.717) is 13.2 Å². The van der Waals surface area contributed by atoms with Gasteiger partial charge >= 0.3 is 0 Å². The van der Waals surface area contributed by atoms with Gasteiger partial charge < -0.3 is 15.4 Å². The lowest BCUT2D eigenvalue weighted by Gasteiger charge is -2.16. The zero-order valence-corrected chi connectivity index (χ0v) is 16.2. The number of aromatic nitrogens is 1. The Morgan fingerprint density at radius 2 is 1.93 bits per heavy atom. The number of nitrogens with one attached hydrogen (secondary N) is 2. The molecule has 3 aromatic rings. The molecule has 28 heavy (non-hydrogen) atoms. The van der Waals surface area contributed by atoms with E-state index in [4.69, 9.17) is 4.74 Å². The van der Waals surface area contributed by atoms with Crippen molar-refractivity contribution in [2.75, 3.05) is 5.32 Å². The van der Waals surface area contributed by atoms with Crippen molar-refractivity contribution in [3.8, 4) is 5.75 Å². The van der Waals surface area contributed by atoms with Crippen LogP contribution in [0.4, 0.5) is 5.69 Å². The van der Waals surface area contributed by atoms with E-state index in [0.717, 1.165) is 28.3 Å². The van der Waals surface area contributed by atoms with Crippen LogP contribution in [0.5, 0.6) is 5.75 Å². The summed E-state index contributed by atoms with van der Waals surface area (Å²) in [5, 5.41) is 6.34. The normalized spacial score (nSPS) is 11.6. The first-order chi connectivity index (χ1) is 13.6. The van der Waals surface area contributed by atoms with Crippen LogP contribution in [-0.2, 0) is 17.9 Å². The number of amides is 1. The van der Waals surface area contributed by atoms with Crippen molar-refractivity contribution in [2.24, 2.45) is 0 Å². The van der Waals surface area contributed by atoms with Gasteiger partial charge in [0.1, 0.15) is 12.4 Å². The number of ether oxygens (including phenoxy) is 1. The highest BCUT2D eigenvalue weighted by molar-refractivity contribution is 5.88. The fourth-order valence-corrected chi connectivity index (χ4v) is 2.86. The minimum atomic E-state index is -0.0692. The van der Waals surface area contributed by atoms with E-state index in [1.54, 1.807) is 6.20 Å². The maximum absolute atomic E-state index is 11.2. The summed E-state index contributed by atoms with van der Waals surface area (Å²) in [5.74, 6) is 0.755. The molecule has 0 saturated heterocycles. The van der Waals surface area contributed by atoms with Gasteiger partial charge in [-0.25, -0.2) is 0 Å². The highest BCUT2D eigenvalue weighted by atomic mass is 16.5. The van der Waals surface area contributed by atoms with E-state index in [1.807, 2.05) is 54.6 Å². The number of nitrogens with zero attached hydrogens (tertiary/aromatic N) is 1. The molecule has 3 rings (SSSR count). The molecule has 5 heteroatoms. The first kappa shape index (κ1) is 19.6. The molecule has 0 unspecified atom stereocenters. The average Bonchev–Trinajstić information content (AvgIpc) is 2.71. The zero-order chi connectivity index (χ0) is 19.8. The van der Waals surface area contributed by atoms with Gasteiger partial charge in [0.15, 0.2) is 0 Å². The second-order valence-corrected chi connectivity index (χ2v) is 6.67. The van der Waals surface area contributed by atoms with Crippen molar-refractivity contribution in [1.29, 1.82) is 0 Å². The molecule has 144 valence electrons. The number of anilines is 1. The van der Waals surface area contributed by atoms with Crippen LogP contribution >= 0.6 is 0 Å². The number of hydrogen-bond donors (Lipinski definition) is 2. The lowest BCUT2D eigenvalue weighted by molar-refractivity contribution is -0.114. The fourth-order valence-electron chi connectivity index (χ4n) is 2.86. The van der Waals surface area contributed by atoms with Gasteiger partial charge in [-0.2, -0.15) is 0 Å². The van der Waals surface area contributed by atoms with Crippen molar-refractivity contribution < 1.29 is 9.53 Å². The van der Waals surface area contributed by atoms with Gasteiger partial charge in [-0.3, -0.25) is 9.78 Å². The maximum Gasteiger partial charge on any atom is 0.221 e. The Morgan fingerprint density at radius 3 is 2.71 bits per heavy atom. The SMILES string of the molecule is CC(=O)Nc1cccc([C@H](C)NCc2cccc(OCc3ccccn3)c2)c1. The lowest BCUT2D eigenvalue weighted by Crippen LogP contribution is -2.18. The molecule has 1 aromatic heterocycles. The molecule has 2 N–H and O–H groups in total. The van der Waals surface area contributed by atoms with Crippen molar-refractivity contribution in [3.05, 3.63) is 89.7 Å². The van der Waals surface area contributed by atoms with Crippen LogP contribution in [0.1, 0.15) is 36.7 Å². The van der Waals surface area contributed by atoms with Crippen LogP contribution in [-0.4, -0.2) is 10.9 Å². The van der Waals surface area contributed by atoms with Crippen LogP contribution in [0.15, 0.2) is 72.9 Å². The third-order valence-corrected chi connectivity index (χ3v) is 4.33. The summed E-state index contributed by atoms with van der Waals surface area (Å²) < 4.78 is 5.85. The lowest BCUT2D eigenvalue weighted by atomic mass is 10.1. The second-order valence-electron chi connectivity index (χ2n) is 6.67. The van der Waals surface area contributed by atoms with Crippen LogP contribution in [0.2, 0.25) is 0 Å². The number of benzene rings is 2. The van der Waals surface area contributed by atoms with E-state index in [9.17, 15) is 4.79 Å². The molecule has 1 atom stereocenters. The zero-order valence-electron chi connectivity index (χ0n) is 16.2. The molecule has 1 heterocycles. The number of carbonyl (C=O) groups is 1. The summed E-state index contributed by atoms with van der Waals surface area (Å²) in [5.41, 5.74) is 3.97. The molecular weight excluding hydrogens is 350 g/mol. The third kappa shape index (κ3) is 5.93. The van der Waals surface area contributed by atoms with Gasteiger partial charge in [0.25, 0.3) is 0 Å². The van der Waals surface area contributed by atoms with Crippen molar-refractivity contribution in [3.63, 3.8) is 0 Å². The molecule has 0 fully saturated rings. The summed E-state index contributed by atoms with van der Waals surface area (Å²) >= 11 is 0. The Morgan fingerprint density at radius 1 is 1.07 bits per heavy atom. The predicted molar refractivity (Wildman–Crippen MR) is 111 cm³/mol. The molecule has 0 radical (unpaired) electrons. The molecule has 0 aliphatic carbocycles. The monoisotopic (exact) mass is 375 g/mol. The topological polar surface area (TPSA) is 63.2 Å². The summed E-state index contributed by atoms with van der Waals surface area (Å²) in [4.78, 5) is 15.5. The van der Waals surface area contributed by atoms with Crippen LogP contribution in [0.3, 0.4) is 0 Å². The van der Waals surface area contributed by atoms with Gasteiger partial charge in [0.05, 0.1) is 5.69 Å². The Labute approximate surface area is 165 Å². The Hall–Kier alpha value is -3.18. The van der Waals surface area contributed by atoms with E-state index < -0.39 is 0 Å². The van der Waals surface area contributed by atoms with E-state index in [1.165, 1.54) is 6.92 Å². The van der Waals surface area contributed by atoms with Gasteiger partial charge in [0, 0.05) is 31.4 Å². The van der Waals surface area contributed by atoms with E-state index >= 15 is 0 Å². The standard InChI is InChI=1S/C23H25N3O2/c1-17(20-8-6-10-21(14-20)26-18(2)27)25-15-19-7-5-11-23(13-19)28-16-22-9-3-4-12-24-22/h3-14,17,25H,15-16H2,1-2H3,(H,26,27)/t17-/m0/s1. The summed E-state index contributed by atoms with van der Waals surface area (Å²) in [6.07, 6.45) is 1.77. The molecule has 2 aromatic carbocycles. The summed E-state index contributed by atoms with van der Waals surface area (Å²) in [6, 6.07) is 21.9. The number of rotatable bonds is 8.